The van der Waals surface area contributed by atoms with Crippen LogP contribution in [0, 0.1) is 17.3 Å². The fraction of sp³-hybridized carbons (Fsp3) is 0.833. The van der Waals surface area contributed by atoms with Crippen molar-refractivity contribution in [1.82, 2.24) is 0 Å². The van der Waals surface area contributed by atoms with Crippen LogP contribution in [0.3, 0.4) is 0 Å². The molecule has 0 saturated heterocycles. The normalized spacial score (nSPS) is 21.1. The molecule has 0 bridgehead atoms. The first-order chi connectivity index (χ1) is 10.4. The lowest BCUT2D eigenvalue weighted by Crippen LogP contribution is -2.29. The van der Waals surface area contributed by atoms with Gasteiger partial charge in [-0.1, -0.05) is 33.6 Å². The van der Waals surface area contributed by atoms with Gasteiger partial charge in [-0.25, -0.2) is 8.78 Å². The summed E-state index contributed by atoms with van der Waals surface area (Å²) in [5.74, 6) is -0.933. The number of allylic oxidation sites excluding steroid dienone is 2. The Morgan fingerprint density at radius 3 is 2.18 bits per heavy atom. The number of carbonyl (C=O) groups excluding carboxylic acids is 1. The van der Waals surface area contributed by atoms with Crippen LogP contribution in [0.4, 0.5) is 8.78 Å². The Hall–Kier alpha value is -0.930. The van der Waals surface area contributed by atoms with Gasteiger partial charge in [-0.05, 0) is 37.5 Å². The lowest BCUT2D eigenvalue weighted by molar-refractivity contribution is -0.120. The fourth-order valence-corrected chi connectivity index (χ4v) is 3.56. The standard InChI is InChI=1S/C18H30F2O2/c1-4-13(11-17(19)20)15(21)12-16(22)14-7-9-18(5-2,6-3)10-8-14/h12-14,17,21H,4-11H2,1-3H3. The molecule has 1 aliphatic rings. The van der Waals surface area contributed by atoms with Gasteiger partial charge in [-0.3, -0.25) is 4.79 Å². The first-order valence-corrected chi connectivity index (χ1v) is 8.60. The van der Waals surface area contributed by atoms with Crippen molar-refractivity contribution in [1.29, 1.82) is 0 Å². The molecule has 4 heteroatoms. The molecule has 22 heavy (non-hydrogen) atoms. The molecule has 0 heterocycles. The van der Waals surface area contributed by atoms with E-state index >= 15 is 0 Å². The minimum atomic E-state index is -2.46. The van der Waals surface area contributed by atoms with Crippen LogP contribution in [0.15, 0.2) is 11.8 Å². The SMILES string of the molecule is CCC(CC(F)F)C(O)=CC(=O)C1CCC(CC)(CC)CC1. The molecule has 0 radical (unpaired) electrons. The average molecular weight is 316 g/mol. The number of hydrogen-bond acceptors (Lipinski definition) is 2. The Kier molecular flexibility index (Phi) is 7.51. The van der Waals surface area contributed by atoms with Crippen molar-refractivity contribution >= 4 is 5.78 Å². The predicted octanol–water partition coefficient (Wildman–Crippen LogP) is 5.68. The summed E-state index contributed by atoms with van der Waals surface area (Å²) in [6.45, 7) is 6.15. The third-order valence-corrected chi connectivity index (χ3v) is 5.61. The molecule has 1 unspecified atom stereocenters. The lowest BCUT2D eigenvalue weighted by Gasteiger charge is -2.38. The molecule has 128 valence electrons. The first kappa shape index (κ1) is 19.1. The van der Waals surface area contributed by atoms with Gasteiger partial charge >= 0.3 is 0 Å². The molecule has 0 aromatic carbocycles. The van der Waals surface area contributed by atoms with E-state index < -0.39 is 12.3 Å². The van der Waals surface area contributed by atoms with Crippen LogP contribution in [0.5, 0.6) is 0 Å². The van der Waals surface area contributed by atoms with Gasteiger partial charge in [0.15, 0.2) is 5.78 Å². The molecule has 1 N–H and O–H groups in total. The molecule has 1 rings (SSSR count). The second-order valence-corrected chi connectivity index (χ2v) is 6.68. The second-order valence-electron chi connectivity index (χ2n) is 6.68. The fourth-order valence-electron chi connectivity index (χ4n) is 3.56. The number of hydrogen-bond donors (Lipinski definition) is 1. The lowest BCUT2D eigenvalue weighted by atomic mass is 9.66. The van der Waals surface area contributed by atoms with Crippen LogP contribution in [0.25, 0.3) is 0 Å². The molecule has 1 atom stereocenters. The van der Waals surface area contributed by atoms with E-state index in [-0.39, 0.29) is 23.9 Å². The largest absolute Gasteiger partial charge is 0.512 e. The van der Waals surface area contributed by atoms with E-state index in [0.29, 0.717) is 11.8 Å². The predicted molar refractivity (Wildman–Crippen MR) is 85.1 cm³/mol. The van der Waals surface area contributed by atoms with E-state index in [0.717, 1.165) is 38.5 Å². The van der Waals surface area contributed by atoms with E-state index in [1.54, 1.807) is 6.92 Å². The number of aliphatic hydroxyl groups is 1. The van der Waals surface area contributed by atoms with Crippen molar-refractivity contribution in [2.24, 2.45) is 17.3 Å². The molecule has 1 saturated carbocycles. The zero-order chi connectivity index (χ0) is 16.8. The van der Waals surface area contributed by atoms with Crippen molar-refractivity contribution in [3.05, 3.63) is 11.8 Å². The van der Waals surface area contributed by atoms with Gasteiger partial charge in [0, 0.05) is 24.3 Å². The van der Waals surface area contributed by atoms with Crippen molar-refractivity contribution in [2.75, 3.05) is 0 Å². The summed E-state index contributed by atoms with van der Waals surface area (Å²) in [4.78, 5) is 12.3. The monoisotopic (exact) mass is 316 g/mol. The van der Waals surface area contributed by atoms with Crippen LogP contribution < -0.4 is 0 Å². The van der Waals surface area contributed by atoms with E-state index in [4.69, 9.17) is 0 Å². The van der Waals surface area contributed by atoms with E-state index in [1.807, 2.05) is 0 Å². The van der Waals surface area contributed by atoms with Crippen molar-refractivity contribution in [2.45, 2.75) is 78.6 Å². The Morgan fingerprint density at radius 1 is 1.23 bits per heavy atom. The summed E-state index contributed by atoms with van der Waals surface area (Å²) in [6, 6.07) is 0. The molecule has 1 aliphatic carbocycles. The summed E-state index contributed by atoms with van der Waals surface area (Å²) in [5.41, 5.74) is 0.365. The number of rotatable bonds is 8. The minimum Gasteiger partial charge on any atom is -0.512 e. The molecule has 2 nitrogen and oxygen atoms in total. The molecular formula is C18H30F2O2. The first-order valence-electron chi connectivity index (χ1n) is 8.60. The number of aliphatic hydroxyl groups excluding tert-OH is 1. The number of alkyl halides is 2. The van der Waals surface area contributed by atoms with Crippen LogP contribution in [0.1, 0.15) is 72.1 Å². The highest BCUT2D eigenvalue weighted by Crippen LogP contribution is 2.44. The third kappa shape index (κ3) is 5.06. The maximum atomic E-state index is 12.5. The van der Waals surface area contributed by atoms with E-state index in [9.17, 15) is 18.7 Å². The molecule has 0 aromatic heterocycles. The Balaban J connectivity index is 2.63. The van der Waals surface area contributed by atoms with Crippen molar-refractivity contribution < 1.29 is 18.7 Å². The highest BCUT2D eigenvalue weighted by Gasteiger charge is 2.34. The van der Waals surface area contributed by atoms with Crippen LogP contribution in [-0.2, 0) is 4.79 Å². The molecule has 1 fully saturated rings. The van der Waals surface area contributed by atoms with Crippen LogP contribution >= 0.6 is 0 Å². The zero-order valence-corrected chi connectivity index (χ0v) is 14.1. The molecule has 0 amide bonds. The quantitative estimate of drug-likeness (QED) is 0.462. The van der Waals surface area contributed by atoms with Crippen molar-refractivity contribution in [3.63, 3.8) is 0 Å². The molecule has 0 spiro atoms. The number of ketones is 1. The minimum absolute atomic E-state index is 0.0579. The summed E-state index contributed by atoms with van der Waals surface area (Å²) < 4.78 is 24.9. The van der Waals surface area contributed by atoms with Gasteiger partial charge in [0.05, 0.1) is 5.76 Å². The molecular weight excluding hydrogens is 286 g/mol. The van der Waals surface area contributed by atoms with Gasteiger partial charge in [0.1, 0.15) is 0 Å². The number of halogens is 2. The third-order valence-electron chi connectivity index (χ3n) is 5.61. The average Bonchev–Trinajstić information content (AvgIpc) is 2.52. The summed E-state index contributed by atoms with van der Waals surface area (Å²) in [5, 5.41) is 9.96. The summed E-state index contributed by atoms with van der Waals surface area (Å²) >= 11 is 0. The van der Waals surface area contributed by atoms with E-state index in [2.05, 4.69) is 13.8 Å². The van der Waals surface area contributed by atoms with Gasteiger partial charge in [-0.15, -0.1) is 0 Å². The maximum absolute atomic E-state index is 12.5. The molecule has 0 aromatic rings. The van der Waals surface area contributed by atoms with Gasteiger partial charge in [0.2, 0.25) is 6.43 Å². The topological polar surface area (TPSA) is 37.3 Å². The van der Waals surface area contributed by atoms with Gasteiger partial charge in [0.25, 0.3) is 0 Å². The number of carbonyl (C=O) groups is 1. The highest BCUT2D eigenvalue weighted by atomic mass is 19.3. The molecule has 0 aliphatic heterocycles. The van der Waals surface area contributed by atoms with Crippen LogP contribution in [-0.4, -0.2) is 17.3 Å². The second kappa shape index (κ2) is 8.64. The zero-order valence-electron chi connectivity index (χ0n) is 14.1. The Morgan fingerprint density at radius 2 is 1.77 bits per heavy atom. The summed E-state index contributed by atoms with van der Waals surface area (Å²) in [7, 11) is 0. The smallest absolute Gasteiger partial charge is 0.239 e. The van der Waals surface area contributed by atoms with Crippen molar-refractivity contribution in [3.8, 4) is 0 Å². The summed E-state index contributed by atoms with van der Waals surface area (Å²) in [6.07, 6.45) is 4.83. The Bertz CT molecular complexity index is 377. The highest BCUT2D eigenvalue weighted by molar-refractivity contribution is 5.92. The van der Waals surface area contributed by atoms with Gasteiger partial charge in [-0.2, -0.15) is 0 Å². The maximum Gasteiger partial charge on any atom is 0.239 e. The Labute approximate surface area is 133 Å². The van der Waals surface area contributed by atoms with Gasteiger partial charge < -0.3 is 5.11 Å². The van der Waals surface area contributed by atoms with Crippen LogP contribution in [0.2, 0.25) is 0 Å². The van der Waals surface area contributed by atoms with E-state index in [1.165, 1.54) is 6.08 Å².